The first-order valence-electron chi connectivity index (χ1n) is 6.71. The number of piperidine rings is 1. The average Bonchev–Trinajstić information content (AvgIpc) is 2.74. The summed E-state index contributed by atoms with van der Waals surface area (Å²) in [5, 5.41) is 10.4. The molecule has 0 aliphatic carbocycles. The summed E-state index contributed by atoms with van der Waals surface area (Å²) in [5.74, 6) is 0.636. The van der Waals surface area contributed by atoms with E-state index in [0.29, 0.717) is 5.92 Å². The molecule has 1 aliphatic heterocycles. The van der Waals surface area contributed by atoms with Crippen molar-refractivity contribution < 1.29 is 0 Å². The molecule has 0 spiro atoms. The van der Waals surface area contributed by atoms with Crippen LogP contribution in [0, 0.1) is 18.3 Å². The number of rotatable bonds is 3. The standard InChI is InChI=1S/C14H21N3S/c1-4-11(9-15)13-10(2)16-14(18-13)12-5-7-17(3)8-6-12/h11-12H,4-8H2,1-3H3. The second-order valence-corrected chi connectivity index (χ2v) is 6.23. The molecule has 3 nitrogen and oxygen atoms in total. The van der Waals surface area contributed by atoms with E-state index in [-0.39, 0.29) is 5.92 Å². The quantitative estimate of drug-likeness (QED) is 0.840. The maximum absolute atomic E-state index is 9.18. The van der Waals surface area contributed by atoms with Gasteiger partial charge in [0, 0.05) is 10.8 Å². The summed E-state index contributed by atoms with van der Waals surface area (Å²) in [5.41, 5.74) is 1.07. The van der Waals surface area contributed by atoms with Crippen LogP contribution in [-0.4, -0.2) is 30.0 Å². The number of nitriles is 1. The topological polar surface area (TPSA) is 39.9 Å². The molecule has 1 aromatic rings. The molecule has 0 saturated carbocycles. The Balaban J connectivity index is 2.16. The molecule has 4 heteroatoms. The number of thiazole rings is 1. The molecule has 98 valence electrons. The fraction of sp³-hybridized carbons (Fsp3) is 0.714. The zero-order valence-corrected chi connectivity index (χ0v) is 12.3. The Labute approximate surface area is 113 Å². The lowest BCUT2D eigenvalue weighted by atomic mass is 9.98. The third-order valence-electron chi connectivity index (χ3n) is 3.80. The molecule has 1 saturated heterocycles. The van der Waals surface area contributed by atoms with E-state index in [2.05, 4.69) is 24.9 Å². The van der Waals surface area contributed by atoms with Crippen LogP contribution in [0.3, 0.4) is 0 Å². The van der Waals surface area contributed by atoms with Gasteiger partial charge in [-0.1, -0.05) is 6.92 Å². The zero-order valence-electron chi connectivity index (χ0n) is 11.4. The molecule has 0 N–H and O–H groups in total. The van der Waals surface area contributed by atoms with Crippen LogP contribution >= 0.6 is 11.3 Å². The highest BCUT2D eigenvalue weighted by atomic mass is 32.1. The van der Waals surface area contributed by atoms with E-state index >= 15 is 0 Å². The van der Waals surface area contributed by atoms with Gasteiger partial charge in [0.25, 0.3) is 0 Å². The molecule has 0 bridgehead atoms. The van der Waals surface area contributed by atoms with Gasteiger partial charge in [-0.2, -0.15) is 5.26 Å². The van der Waals surface area contributed by atoms with E-state index in [0.717, 1.165) is 25.2 Å². The minimum Gasteiger partial charge on any atom is -0.306 e. The Morgan fingerprint density at radius 1 is 1.50 bits per heavy atom. The van der Waals surface area contributed by atoms with E-state index in [9.17, 15) is 5.26 Å². The van der Waals surface area contributed by atoms with Crippen LogP contribution in [-0.2, 0) is 0 Å². The van der Waals surface area contributed by atoms with Crippen molar-refractivity contribution in [3.63, 3.8) is 0 Å². The molecule has 2 heterocycles. The molecule has 0 amide bonds. The maximum atomic E-state index is 9.18. The molecule has 2 rings (SSSR count). The smallest absolute Gasteiger partial charge is 0.0963 e. The van der Waals surface area contributed by atoms with E-state index < -0.39 is 0 Å². The van der Waals surface area contributed by atoms with Crippen LogP contribution in [0.4, 0.5) is 0 Å². The van der Waals surface area contributed by atoms with Crippen LogP contribution in [0.2, 0.25) is 0 Å². The van der Waals surface area contributed by atoms with Crippen molar-refractivity contribution in [2.24, 2.45) is 0 Å². The van der Waals surface area contributed by atoms with Crippen molar-refractivity contribution in [3.8, 4) is 6.07 Å². The molecule has 0 radical (unpaired) electrons. The first-order chi connectivity index (χ1) is 8.65. The summed E-state index contributed by atoms with van der Waals surface area (Å²) in [4.78, 5) is 8.29. The average molecular weight is 263 g/mol. The monoisotopic (exact) mass is 263 g/mol. The highest BCUT2D eigenvalue weighted by Crippen LogP contribution is 2.35. The van der Waals surface area contributed by atoms with Crippen molar-refractivity contribution in [1.82, 2.24) is 9.88 Å². The van der Waals surface area contributed by atoms with Crippen molar-refractivity contribution >= 4 is 11.3 Å². The fourth-order valence-corrected chi connectivity index (χ4v) is 3.88. The van der Waals surface area contributed by atoms with Crippen molar-refractivity contribution in [3.05, 3.63) is 15.6 Å². The lowest BCUT2D eigenvalue weighted by Gasteiger charge is -2.27. The van der Waals surface area contributed by atoms with Gasteiger partial charge >= 0.3 is 0 Å². The first kappa shape index (κ1) is 13.5. The van der Waals surface area contributed by atoms with Crippen LogP contribution in [0.25, 0.3) is 0 Å². The largest absolute Gasteiger partial charge is 0.306 e. The highest BCUT2D eigenvalue weighted by molar-refractivity contribution is 7.12. The van der Waals surface area contributed by atoms with Crippen LogP contribution in [0.5, 0.6) is 0 Å². The highest BCUT2D eigenvalue weighted by Gasteiger charge is 2.24. The van der Waals surface area contributed by atoms with Gasteiger partial charge in [-0.3, -0.25) is 0 Å². The Kier molecular flexibility index (Phi) is 4.36. The summed E-state index contributed by atoms with van der Waals surface area (Å²) in [6, 6.07) is 2.39. The molecular formula is C14H21N3S. The molecule has 1 atom stereocenters. The maximum Gasteiger partial charge on any atom is 0.0963 e. The SMILES string of the molecule is CCC(C#N)c1sc(C2CCN(C)CC2)nc1C. The molecule has 1 aromatic heterocycles. The molecule has 0 aromatic carbocycles. The van der Waals surface area contributed by atoms with Crippen molar-refractivity contribution in [2.45, 2.75) is 44.9 Å². The first-order valence-corrected chi connectivity index (χ1v) is 7.52. The van der Waals surface area contributed by atoms with Gasteiger partial charge in [0.1, 0.15) is 0 Å². The van der Waals surface area contributed by atoms with Gasteiger partial charge < -0.3 is 4.90 Å². The Morgan fingerprint density at radius 2 is 2.17 bits per heavy atom. The summed E-state index contributed by atoms with van der Waals surface area (Å²) in [7, 11) is 2.18. The predicted molar refractivity (Wildman–Crippen MR) is 75.0 cm³/mol. The van der Waals surface area contributed by atoms with Crippen LogP contribution in [0.15, 0.2) is 0 Å². The van der Waals surface area contributed by atoms with E-state index in [1.807, 2.05) is 6.92 Å². The number of nitrogens with zero attached hydrogens (tertiary/aromatic N) is 3. The Hall–Kier alpha value is -0.920. The van der Waals surface area contributed by atoms with Gasteiger partial charge in [0.15, 0.2) is 0 Å². The lowest BCUT2D eigenvalue weighted by Crippen LogP contribution is -2.29. The molecule has 1 unspecified atom stereocenters. The zero-order chi connectivity index (χ0) is 13.1. The van der Waals surface area contributed by atoms with Crippen LogP contribution < -0.4 is 0 Å². The predicted octanol–water partition coefficient (Wildman–Crippen LogP) is 3.28. The number of aryl methyl sites for hydroxylation is 1. The van der Waals surface area contributed by atoms with E-state index in [1.54, 1.807) is 11.3 Å². The summed E-state index contributed by atoms with van der Waals surface area (Å²) in [6.45, 7) is 6.44. The molecule has 1 fully saturated rings. The van der Waals surface area contributed by atoms with Crippen LogP contribution in [0.1, 0.15) is 53.6 Å². The Morgan fingerprint density at radius 3 is 2.72 bits per heavy atom. The lowest BCUT2D eigenvalue weighted by molar-refractivity contribution is 0.255. The molecule has 1 aliphatic rings. The van der Waals surface area contributed by atoms with E-state index in [4.69, 9.17) is 4.98 Å². The number of likely N-dealkylation sites (tertiary alicyclic amines) is 1. The Bertz CT molecular complexity index is 438. The van der Waals surface area contributed by atoms with Gasteiger partial charge in [-0.15, -0.1) is 11.3 Å². The summed E-state index contributed by atoms with van der Waals surface area (Å²) in [6.07, 6.45) is 3.28. The second-order valence-electron chi connectivity index (χ2n) is 5.17. The van der Waals surface area contributed by atoms with Gasteiger partial charge in [0.05, 0.1) is 22.7 Å². The second kappa shape index (κ2) is 5.81. The van der Waals surface area contributed by atoms with Gasteiger partial charge in [-0.25, -0.2) is 4.98 Å². The minimum atomic E-state index is 0.0301. The third-order valence-corrected chi connectivity index (χ3v) is 5.23. The number of aromatic nitrogens is 1. The molecule has 18 heavy (non-hydrogen) atoms. The minimum absolute atomic E-state index is 0.0301. The summed E-state index contributed by atoms with van der Waals surface area (Å²) >= 11 is 1.77. The molecular weight excluding hydrogens is 242 g/mol. The van der Waals surface area contributed by atoms with Gasteiger partial charge in [0.2, 0.25) is 0 Å². The van der Waals surface area contributed by atoms with Crippen molar-refractivity contribution in [1.29, 1.82) is 5.26 Å². The normalized spacial score (nSPS) is 19.7. The third kappa shape index (κ3) is 2.73. The van der Waals surface area contributed by atoms with Gasteiger partial charge in [-0.05, 0) is 46.3 Å². The summed E-state index contributed by atoms with van der Waals surface area (Å²) < 4.78 is 0. The fourth-order valence-electron chi connectivity index (χ4n) is 2.52. The van der Waals surface area contributed by atoms with Crippen molar-refractivity contribution in [2.75, 3.05) is 20.1 Å². The number of hydrogen-bond acceptors (Lipinski definition) is 4. The van der Waals surface area contributed by atoms with E-state index in [1.165, 1.54) is 22.7 Å². The number of hydrogen-bond donors (Lipinski definition) is 0.